The smallest absolute Gasteiger partial charge is 0.259 e. The zero-order valence-corrected chi connectivity index (χ0v) is 16.8. The van der Waals surface area contributed by atoms with E-state index in [1.54, 1.807) is 37.3 Å². The van der Waals surface area contributed by atoms with E-state index in [4.69, 9.17) is 9.15 Å². The van der Waals surface area contributed by atoms with Crippen LogP contribution in [0.5, 0.6) is 0 Å². The summed E-state index contributed by atoms with van der Waals surface area (Å²) in [6.07, 6.45) is 3.69. The standard InChI is InChI=1S/C19H22N4O4S/c1-12(16(6-8-26-3)28-19(25)15-5-4-7-27-15)23-11-14-9-20-13(2)22-18(14)21-10-17(23)24/h4-5,7,9H,6,8,10-11H2,1-3H3,(H,20,21,22)/b16-12-. The number of allylic oxidation sites excluding steroid dienone is 1. The zero-order chi connectivity index (χ0) is 20.1. The number of aromatic nitrogens is 2. The van der Waals surface area contributed by atoms with Gasteiger partial charge in [-0.2, -0.15) is 0 Å². The maximum Gasteiger partial charge on any atom is 0.259 e. The minimum absolute atomic E-state index is 0.103. The predicted molar refractivity (Wildman–Crippen MR) is 106 cm³/mol. The number of anilines is 1. The fourth-order valence-corrected chi connectivity index (χ4v) is 3.67. The molecule has 28 heavy (non-hydrogen) atoms. The molecule has 0 radical (unpaired) electrons. The minimum Gasteiger partial charge on any atom is -0.460 e. The third-order valence-corrected chi connectivity index (χ3v) is 5.43. The second-order valence-corrected chi connectivity index (χ2v) is 7.31. The Balaban J connectivity index is 1.90. The van der Waals surface area contributed by atoms with Crippen molar-refractivity contribution < 1.29 is 18.7 Å². The lowest BCUT2D eigenvalue weighted by Gasteiger charge is -2.24. The summed E-state index contributed by atoms with van der Waals surface area (Å²) in [4.78, 5) is 36.3. The SMILES string of the molecule is COCC/C(SC(=O)c1ccco1)=C(\C)N1Cc2cnc(C)nc2NCC1=O. The first kappa shape index (κ1) is 20.1. The van der Waals surface area contributed by atoms with Gasteiger partial charge >= 0.3 is 0 Å². The van der Waals surface area contributed by atoms with Crippen LogP contribution in [0.1, 0.15) is 35.3 Å². The quantitative estimate of drug-likeness (QED) is 0.788. The molecular formula is C19H22N4O4S. The summed E-state index contributed by atoms with van der Waals surface area (Å²) < 4.78 is 10.4. The Hall–Kier alpha value is -2.65. The molecule has 1 amide bonds. The summed E-state index contributed by atoms with van der Waals surface area (Å²) in [7, 11) is 1.60. The number of methoxy groups -OCH3 is 1. The van der Waals surface area contributed by atoms with E-state index in [1.165, 1.54) is 6.26 Å². The molecule has 9 heteroatoms. The van der Waals surface area contributed by atoms with Crippen molar-refractivity contribution in [3.8, 4) is 0 Å². The molecule has 1 N–H and O–H groups in total. The number of furan rings is 1. The normalized spacial score (nSPS) is 14.8. The second kappa shape index (κ2) is 9.03. The Morgan fingerprint density at radius 1 is 1.46 bits per heavy atom. The number of fused-ring (bicyclic) bond motifs is 1. The number of nitrogens with one attached hydrogen (secondary N) is 1. The predicted octanol–water partition coefficient (Wildman–Crippen LogP) is 2.97. The monoisotopic (exact) mass is 402 g/mol. The molecule has 1 aliphatic heterocycles. The largest absolute Gasteiger partial charge is 0.460 e. The molecule has 0 atom stereocenters. The Bertz CT molecular complexity index is 895. The number of carbonyl (C=O) groups excluding carboxylic acids is 2. The Morgan fingerprint density at radius 2 is 2.29 bits per heavy atom. The maximum absolute atomic E-state index is 12.7. The number of amides is 1. The van der Waals surface area contributed by atoms with Crippen molar-refractivity contribution >= 4 is 28.6 Å². The number of hydrogen-bond donors (Lipinski definition) is 1. The van der Waals surface area contributed by atoms with Crippen LogP contribution >= 0.6 is 11.8 Å². The van der Waals surface area contributed by atoms with Gasteiger partial charge in [-0.05, 0) is 37.7 Å². The van der Waals surface area contributed by atoms with Crippen LogP contribution in [0.25, 0.3) is 0 Å². The number of thioether (sulfide) groups is 1. The third-order valence-electron chi connectivity index (χ3n) is 4.30. The second-order valence-electron chi connectivity index (χ2n) is 6.24. The Kier molecular flexibility index (Phi) is 6.48. The molecule has 0 saturated heterocycles. The van der Waals surface area contributed by atoms with Crippen LogP contribution in [0, 0.1) is 6.92 Å². The highest BCUT2D eigenvalue weighted by atomic mass is 32.2. The van der Waals surface area contributed by atoms with Crippen molar-refractivity contribution in [3.05, 3.63) is 52.3 Å². The molecule has 1 aliphatic rings. The first-order chi connectivity index (χ1) is 13.5. The number of rotatable bonds is 6. The van der Waals surface area contributed by atoms with E-state index in [0.717, 1.165) is 22.2 Å². The van der Waals surface area contributed by atoms with Gasteiger partial charge in [0.15, 0.2) is 5.76 Å². The van der Waals surface area contributed by atoms with Gasteiger partial charge in [-0.25, -0.2) is 9.97 Å². The van der Waals surface area contributed by atoms with Gasteiger partial charge in [0, 0.05) is 35.9 Å². The number of ether oxygens (including phenoxy) is 1. The average Bonchev–Trinajstić information content (AvgIpc) is 3.17. The molecule has 0 aromatic carbocycles. The van der Waals surface area contributed by atoms with Crippen LogP contribution in [0.4, 0.5) is 5.82 Å². The van der Waals surface area contributed by atoms with Crippen LogP contribution in [-0.4, -0.2) is 46.2 Å². The van der Waals surface area contributed by atoms with Gasteiger partial charge in [-0.1, -0.05) is 0 Å². The highest BCUT2D eigenvalue weighted by Gasteiger charge is 2.25. The van der Waals surface area contributed by atoms with E-state index in [0.29, 0.717) is 36.9 Å². The van der Waals surface area contributed by atoms with Gasteiger partial charge in [0.2, 0.25) is 5.91 Å². The molecule has 0 bridgehead atoms. The first-order valence-electron chi connectivity index (χ1n) is 8.80. The number of carbonyl (C=O) groups is 2. The third kappa shape index (κ3) is 4.60. The van der Waals surface area contributed by atoms with Crippen LogP contribution in [0.3, 0.4) is 0 Å². The van der Waals surface area contributed by atoms with Crippen molar-refractivity contribution in [1.82, 2.24) is 14.9 Å². The molecule has 0 spiro atoms. The molecule has 0 aliphatic carbocycles. The fourth-order valence-electron chi connectivity index (χ4n) is 2.79. The topological polar surface area (TPSA) is 97.6 Å². The molecule has 2 aromatic rings. The lowest BCUT2D eigenvalue weighted by Crippen LogP contribution is -2.32. The van der Waals surface area contributed by atoms with E-state index in [1.807, 2.05) is 6.92 Å². The van der Waals surface area contributed by atoms with E-state index in [-0.39, 0.29) is 23.3 Å². The van der Waals surface area contributed by atoms with Crippen molar-refractivity contribution in [1.29, 1.82) is 0 Å². The number of nitrogens with zero attached hydrogens (tertiary/aromatic N) is 3. The molecule has 8 nitrogen and oxygen atoms in total. The zero-order valence-electron chi connectivity index (χ0n) is 16.0. The lowest BCUT2D eigenvalue weighted by atomic mass is 10.2. The lowest BCUT2D eigenvalue weighted by molar-refractivity contribution is -0.127. The van der Waals surface area contributed by atoms with Crippen LogP contribution < -0.4 is 5.32 Å². The maximum atomic E-state index is 12.7. The van der Waals surface area contributed by atoms with Crippen molar-refractivity contribution in [3.63, 3.8) is 0 Å². The Labute approximate surface area is 167 Å². The summed E-state index contributed by atoms with van der Waals surface area (Å²) in [5.41, 5.74) is 1.53. The summed E-state index contributed by atoms with van der Waals surface area (Å²) in [5, 5.41) is 2.85. The number of aryl methyl sites for hydroxylation is 1. The first-order valence-corrected chi connectivity index (χ1v) is 9.62. The molecule has 2 aromatic heterocycles. The van der Waals surface area contributed by atoms with Crippen molar-refractivity contribution in [2.24, 2.45) is 0 Å². The van der Waals surface area contributed by atoms with Crippen molar-refractivity contribution in [2.45, 2.75) is 26.8 Å². The summed E-state index contributed by atoms with van der Waals surface area (Å²) in [6.45, 7) is 4.53. The molecular weight excluding hydrogens is 380 g/mol. The Morgan fingerprint density at radius 3 is 3.00 bits per heavy atom. The summed E-state index contributed by atoms with van der Waals surface area (Å²) in [5.74, 6) is 1.47. The summed E-state index contributed by atoms with van der Waals surface area (Å²) >= 11 is 1.06. The van der Waals surface area contributed by atoms with Gasteiger partial charge in [-0.15, -0.1) is 0 Å². The number of hydrogen-bond acceptors (Lipinski definition) is 8. The van der Waals surface area contributed by atoms with Gasteiger partial charge < -0.3 is 19.4 Å². The highest BCUT2D eigenvalue weighted by molar-refractivity contribution is 8.17. The average molecular weight is 402 g/mol. The molecule has 0 saturated carbocycles. The van der Waals surface area contributed by atoms with E-state index >= 15 is 0 Å². The van der Waals surface area contributed by atoms with Gasteiger partial charge in [0.1, 0.15) is 11.6 Å². The van der Waals surface area contributed by atoms with Crippen LogP contribution in [-0.2, 0) is 16.1 Å². The van der Waals surface area contributed by atoms with E-state index in [9.17, 15) is 9.59 Å². The minimum atomic E-state index is -0.213. The molecule has 0 unspecified atom stereocenters. The van der Waals surface area contributed by atoms with Gasteiger partial charge in [0.05, 0.1) is 26.0 Å². The van der Waals surface area contributed by atoms with Crippen molar-refractivity contribution in [2.75, 3.05) is 25.6 Å². The molecule has 3 rings (SSSR count). The summed E-state index contributed by atoms with van der Waals surface area (Å²) in [6, 6.07) is 3.29. The van der Waals surface area contributed by atoms with E-state index in [2.05, 4.69) is 15.3 Å². The highest BCUT2D eigenvalue weighted by Crippen LogP contribution is 2.31. The van der Waals surface area contributed by atoms with Crippen LogP contribution in [0.2, 0.25) is 0 Å². The molecule has 148 valence electrons. The van der Waals surface area contributed by atoms with E-state index < -0.39 is 0 Å². The molecule has 3 heterocycles. The molecule has 0 fully saturated rings. The van der Waals surface area contributed by atoms with Crippen LogP contribution in [0.15, 0.2) is 39.6 Å². The van der Waals surface area contributed by atoms with Gasteiger partial charge in [-0.3, -0.25) is 9.59 Å². The fraction of sp³-hybridized carbons (Fsp3) is 0.368. The van der Waals surface area contributed by atoms with Gasteiger partial charge in [0.25, 0.3) is 5.12 Å².